The smallest absolute Gasteiger partial charge is 0.255 e. The van der Waals surface area contributed by atoms with Crippen molar-refractivity contribution in [3.8, 4) is 11.6 Å². The molecule has 2 N–H and O–H groups in total. The van der Waals surface area contributed by atoms with Crippen LogP contribution in [0.15, 0.2) is 77.8 Å². The fraction of sp³-hybridized carbons (Fsp3) is 0.167. The van der Waals surface area contributed by atoms with Crippen LogP contribution < -0.4 is 5.32 Å². The Morgan fingerprint density at radius 1 is 1.13 bits per heavy atom. The predicted molar refractivity (Wildman–Crippen MR) is 121 cm³/mol. The highest BCUT2D eigenvalue weighted by atomic mass is 16.3. The van der Waals surface area contributed by atoms with Gasteiger partial charge < -0.3 is 9.73 Å². The Kier molecular flexibility index (Phi) is 6.32. The number of furan rings is 1. The number of tetrazole rings is 1. The lowest BCUT2D eigenvalue weighted by Crippen LogP contribution is -2.11. The zero-order chi connectivity index (χ0) is 21.5. The van der Waals surface area contributed by atoms with Crippen LogP contribution >= 0.6 is 0 Å². The molecule has 1 amide bonds. The Hall–Kier alpha value is -4.00. The van der Waals surface area contributed by atoms with Crippen LogP contribution in [0, 0.1) is 0 Å². The van der Waals surface area contributed by atoms with Crippen molar-refractivity contribution in [3.05, 3.63) is 84.5 Å². The molecule has 2 aromatic carbocycles. The first-order chi connectivity index (χ1) is 15.2. The molecular formula is C24H23N5O2. The number of benzene rings is 2. The van der Waals surface area contributed by atoms with Crippen molar-refractivity contribution in [2.24, 2.45) is 0 Å². The van der Waals surface area contributed by atoms with Gasteiger partial charge in [-0.1, -0.05) is 42.5 Å². The zero-order valence-corrected chi connectivity index (χ0v) is 17.0. The molecule has 0 aliphatic heterocycles. The van der Waals surface area contributed by atoms with Gasteiger partial charge in [0.2, 0.25) is 5.82 Å². The van der Waals surface area contributed by atoms with Gasteiger partial charge in [0.25, 0.3) is 5.91 Å². The summed E-state index contributed by atoms with van der Waals surface area (Å²) in [4.78, 5) is 12.8. The van der Waals surface area contributed by atoms with Crippen LogP contribution in [0.4, 0.5) is 5.69 Å². The zero-order valence-electron chi connectivity index (χ0n) is 17.0. The standard InChI is InChI=1S/C24H23N5O2/c1-2-3-4-5-6-7-9-17-12-14-18(15-13-17)24(30)25-20-11-8-10-19-16-21(31-22(19)20)23-26-28-29-27-23/h2,6-8,10-16H,1,3-5,9H2,(H,25,30)(H,26,27,28,29)/b7-6+. The van der Waals surface area contributed by atoms with E-state index < -0.39 is 0 Å². The number of aromatic nitrogens is 4. The highest BCUT2D eigenvalue weighted by molar-refractivity contribution is 6.08. The molecule has 2 aromatic heterocycles. The van der Waals surface area contributed by atoms with E-state index in [1.54, 1.807) is 6.07 Å². The number of para-hydroxylation sites is 1. The van der Waals surface area contributed by atoms with E-state index in [0.29, 0.717) is 28.4 Å². The Balaban J connectivity index is 1.42. The third kappa shape index (κ3) is 4.95. The van der Waals surface area contributed by atoms with Crippen LogP contribution in [0.2, 0.25) is 0 Å². The number of H-pyrrole nitrogens is 1. The Bertz CT molecular complexity index is 1190. The first-order valence-electron chi connectivity index (χ1n) is 10.2. The first-order valence-corrected chi connectivity index (χ1v) is 10.2. The number of allylic oxidation sites excluding steroid dienone is 3. The number of aromatic amines is 1. The first kappa shape index (κ1) is 20.3. The number of amides is 1. The number of rotatable bonds is 9. The predicted octanol–water partition coefficient (Wildman–Crippen LogP) is 5.32. The Morgan fingerprint density at radius 2 is 2.00 bits per heavy atom. The molecule has 0 aliphatic carbocycles. The van der Waals surface area contributed by atoms with Crippen molar-refractivity contribution in [2.45, 2.75) is 25.7 Å². The number of nitrogens with zero attached hydrogens (tertiary/aromatic N) is 3. The molecule has 0 bridgehead atoms. The second-order valence-electron chi connectivity index (χ2n) is 7.12. The van der Waals surface area contributed by atoms with Gasteiger partial charge in [0.1, 0.15) is 0 Å². The molecular weight excluding hydrogens is 390 g/mol. The summed E-state index contributed by atoms with van der Waals surface area (Å²) in [6, 6.07) is 15.0. The van der Waals surface area contributed by atoms with Crippen LogP contribution in [0.3, 0.4) is 0 Å². The molecule has 0 saturated heterocycles. The minimum Gasteiger partial charge on any atom is -0.450 e. The van der Waals surface area contributed by atoms with Gasteiger partial charge in [-0.15, -0.1) is 16.8 Å². The second kappa shape index (κ2) is 9.67. The summed E-state index contributed by atoms with van der Waals surface area (Å²) in [5.74, 6) is 0.641. The molecule has 4 aromatic rings. The van der Waals surface area contributed by atoms with Crippen molar-refractivity contribution in [1.82, 2.24) is 20.6 Å². The van der Waals surface area contributed by atoms with E-state index in [1.165, 1.54) is 0 Å². The van der Waals surface area contributed by atoms with Gasteiger partial charge in [-0.25, -0.2) is 0 Å². The van der Waals surface area contributed by atoms with Crippen molar-refractivity contribution >= 4 is 22.6 Å². The van der Waals surface area contributed by atoms with Crippen LogP contribution in [0.1, 0.15) is 35.2 Å². The molecule has 156 valence electrons. The molecule has 2 heterocycles. The lowest BCUT2D eigenvalue weighted by molar-refractivity contribution is 0.102. The fourth-order valence-corrected chi connectivity index (χ4v) is 3.24. The number of carbonyl (C=O) groups excluding carboxylic acids is 1. The molecule has 0 spiro atoms. The maximum absolute atomic E-state index is 12.8. The summed E-state index contributed by atoms with van der Waals surface area (Å²) in [6.07, 6.45) is 10.4. The summed E-state index contributed by atoms with van der Waals surface area (Å²) in [5.41, 5.74) is 2.90. The molecule has 7 nitrogen and oxygen atoms in total. The summed E-state index contributed by atoms with van der Waals surface area (Å²) in [5, 5.41) is 17.6. The molecule has 7 heteroatoms. The molecule has 0 aliphatic rings. The quantitative estimate of drug-likeness (QED) is 0.286. The molecule has 0 unspecified atom stereocenters. The van der Waals surface area contributed by atoms with Crippen molar-refractivity contribution < 1.29 is 9.21 Å². The largest absolute Gasteiger partial charge is 0.450 e. The summed E-state index contributed by atoms with van der Waals surface area (Å²) in [6.45, 7) is 3.73. The fourth-order valence-electron chi connectivity index (χ4n) is 3.24. The number of unbranched alkanes of at least 4 members (excludes halogenated alkanes) is 2. The number of nitrogens with one attached hydrogen (secondary N) is 2. The van der Waals surface area contributed by atoms with Crippen LogP contribution in [-0.2, 0) is 6.42 Å². The van der Waals surface area contributed by atoms with Crippen molar-refractivity contribution in [1.29, 1.82) is 0 Å². The van der Waals surface area contributed by atoms with E-state index in [-0.39, 0.29) is 5.91 Å². The van der Waals surface area contributed by atoms with E-state index >= 15 is 0 Å². The normalized spacial score (nSPS) is 11.2. The highest BCUT2D eigenvalue weighted by Gasteiger charge is 2.15. The van der Waals surface area contributed by atoms with Gasteiger partial charge in [-0.2, -0.15) is 5.21 Å². The van der Waals surface area contributed by atoms with Crippen LogP contribution in [0.5, 0.6) is 0 Å². The van der Waals surface area contributed by atoms with E-state index in [4.69, 9.17) is 4.42 Å². The van der Waals surface area contributed by atoms with E-state index in [0.717, 1.165) is 36.6 Å². The second-order valence-corrected chi connectivity index (χ2v) is 7.12. The topological polar surface area (TPSA) is 96.7 Å². The van der Waals surface area contributed by atoms with Crippen molar-refractivity contribution in [3.63, 3.8) is 0 Å². The van der Waals surface area contributed by atoms with Gasteiger partial charge in [-0.05, 0) is 60.7 Å². The maximum atomic E-state index is 12.8. The molecule has 0 fully saturated rings. The summed E-state index contributed by atoms with van der Waals surface area (Å²) >= 11 is 0. The highest BCUT2D eigenvalue weighted by Crippen LogP contribution is 2.30. The van der Waals surface area contributed by atoms with E-state index in [2.05, 4.69) is 44.7 Å². The molecule has 31 heavy (non-hydrogen) atoms. The van der Waals surface area contributed by atoms with E-state index in [9.17, 15) is 4.79 Å². The number of hydrogen-bond acceptors (Lipinski definition) is 5. The van der Waals surface area contributed by atoms with Crippen molar-refractivity contribution in [2.75, 3.05) is 5.32 Å². The monoisotopic (exact) mass is 413 g/mol. The molecule has 0 atom stereocenters. The van der Waals surface area contributed by atoms with Crippen LogP contribution in [-0.4, -0.2) is 26.5 Å². The van der Waals surface area contributed by atoms with Gasteiger partial charge >= 0.3 is 0 Å². The minimum atomic E-state index is -0.198. The van der Waals surface area contributed by atoms with Crippen LogP contribution in [0.25, 0.3) is 22.6 Å². The summed E-state index contributed by atoms with van der Waals surface area (Å²) < 4.78 is 5.87. The van der Waals surface area contributed by atoms with Gasteiger partial charge in [0, 0.05) is 10.9 Å². The molecule has 4 rings (SSSR count). The van der Waals surface area contributed by atoms with Gasteiger partial charge in [-0.3, -0.25) is 4.79 Å². The lowest BCUT2D eigenvalue weighted by Gasteiger charge is -2.06. The average Bonchev–Trinajstić information content (AvgIpc) is 3.47. The minimum absolute atomic E-state index is 0.198. The number of carbonyl (C=O) groups is 1. The number of fused-ring (bicyclic) bond motifs is 1. The lowest BCUT2D eigenvalue weighted by atomic mass is 10.1. The third-order valence-corrected chi connectivity index (χ3v) is 4.87. The molecule has 0 saturated carbocycles. The SMILES string of the molecule is C=CCCC/C=C/Cc1ccc(C(=O)Nc2cccc3cc(-c4nn[nH]n4)oc23)cc1. The third-order valence-electron chi connectivity index (χ3n) is 4.87. The average molecular weight is 413 g/mol. The number of hydrogen-bond donors (Lipinski definition) is 2. The number of anilines is 1. The van der Waals surface area contributed by atoms with Gasteiger partial charge in [0.15, 0.2) is 11.3 Å². The summed E-state index contributed by atoms with van der Waals surface area (Å²) in [7, 11) is 0. The van der Waals surface area contributed by atoms with E-state index in [1.807, 2.05) is 48.5 Å². The maximum Gasteiger partial charge on any atom is 0.255 e. The van der Waals surface area contributed by atoms with Gasteiger partial charge in [0.05, 0.1) is 5.69 Å². The Labute approximate surface area is 179 Å². The Morgan fingerprint density at radius 3 is 2.77 bits per heavy atom. The molecule has 0 radical (unpaired) electrons.